The normalized spacial score (nSPS) is 16.6. The smallest absolute Gasteiger partial charge is 0.0537 e. The van der Waals surface area contributed by atoms with Gasteiger partial charge in [0.25, 0.3) is 0 Å². The molecule has 244 valence electrons. The number of aryl methyl sites for hydroxylation is 2. The maximum Gasteiger partial charge on any atom is 0.0537 e. The van der Waals surface area contributed by atoms with E-state index < -0.39 is 0 Å². The molecule has 5 aromatic carbocycles. The van der Waals surface area contributed by atoms with Crippen molar-refractivity contribution in [3.63, 3.8) is 0 Å². The van der Waals surface area contributed by atoms with E-state index in [2.05, 4.69) is 150 Å². The molecule has 0 N–H and O–H groups in total. The summed E-state index contributed by atoms with van der Waals surface area (Å²) in [6.07, 6.45) is 12.6. The molecule has 0 amide bonds. The quantitative estimate of drug-likeness (QED) is 0.180. The van der Waals surface area contributed by atoms with Crippen molar-refractivity contribution in [1.82, 2.24) is 9.13 Å². The van der Waals surface area contributed by atoms with Gasteiger partial charge in [0.1, 0.15) is 0 Å². The monoisotopic (exact) mass is 646 g/mol. The molecular formula is C48H42N2. The molecule has 3 aliphatic rings. The van der Waals surface area contributed by atoms with E-state index in [1.165, 1.54) is 89.1 Å². The van der Waals surface area contributed by atoms with Crippen molar-refractivity contribution in [2.45, 2.75) is 64.7 Å². The number of hydrogen-bond donors (Lipinski definition) is 0. The second kappa shape index (κ2) is 11.6. The van der Waals surface area contributed by atoms with Gasteiger partial charge >= 0.3 is 0 Å². The summed E-state index contributed by atoms with van der Waals surface area (Å²) in [6, 6.07) is 42.9. The van der Waals surface area contributed by atoms with Gasteiger partial charge in [-0.05, 0) is 121 Å². The number of para-hydroxylation sites is 3. The molecule has 0 bridgehead atoms. The fraction of sp³-hybridized carbons (Fsp3) is 0.208. The zero-order chi connectivity index (χ0) is 33.3. The van der Waals surface area contributed by atoms with E-state index in [9.17, 15) is 0 Å². The Kier molecular flexibility index (Phi) is 6.88. The Morgan fingerprint density at radius 3 is 2.04 bits per heavy atom. The van der Waals surface area contributed by atoms with E-state index in [0.29, 0.717) is 5.92 Å². The van der Waals surface area contributed by atoms with E-state index in [4.69, 9.17) is 0 Å². The van der Waals surface area contributed by atoms with Gasteiger partial charge in [-0.1, -0.05) is 121 Å². The first kappa shape index (κ1) is 29.6. The summed E-state index contributed by atoms with van der Waals surface area (Å²) in [5.74, 6) is 0.509. The van der Waals surface area contributed by atoms with Crippen molar-refractivity contribution in [1.29, 1.82) is 0 Å². The SMILES string of the molecule is Cc1cccc(C)c1-n1c2c(c3c1CCC(n1c4ccccc4c4ccccc41)=CC3)C=C(CC1Cc3ccccc3-c3ccccc31)CC2. The van der Waals surface area contributed by atoms with E-state index in [1.54, 1.807) is 5.57 Å². The predicted molar refractivity (Wildman–Crippen MR) is 210 cm³/mol. The van der Waals surface area contributed by atoms with Crippen LogP contribution in [-0.2, 0) is 25.7 Å². The van der Waals surface area contributed by atoms with Crippen molar-refractivity contribution in [3.05, 3.63) is 172 Å². The van der Waals surface area contributed by atoms with Gasteiger partial charge in [-0.15, -0.1) is 0 Å². The Balaban J connectivity index is 1.09. The standard InChI is InChI=1S/C48H42N2/c1-31-12-11-13-32(2)48(31)50-46-27-24-36(49-44-20-9-7-18-40(44)41-19-8-10-21-45(41)49)23-25-42(46)43-29-33(22-26-47(43)50)28-35-30-34-14-3-4-15-37(34)39-17-6-5-16-38(35)39/h3-21,23,29,35H,22,24-28,30H2,1-2H3. The number of nitrogens with zero attached hydrogens (tertiary/aromatic N) is 2. The van der Waals surface area contributed by atoms with Crippen molar-refractivity contribution < 1.29 is 0 Å². The minimum absolute atomic E-state index is 0.509. The summed E-state index contributed by atoms with van der Waals surface area (Å²) < 4.78 is 5.25. The summed E-state index contributed by atoms with van der Waals surface area (Å²) >= 11 is 0. The largest absolute Gasteiger partial charge is 0.316 e. The van der Waals surface area contributed by atoms with Crippen LogP contribution in [0, 0.1) is 13.8 Å². The van der Waals surface area contributed by atoms with Gasteiger partial charge in [-0.2, -0.15) is 0 Å². The summed E-state index contributed by atoms with van der Waals surface area (Å²) in [7, 11) is 0. The second-order valence-corrected chi connectivity index (χ2v) is 14.8. The summed E-state index contributed by atoms with van der Waals surface area (Å²) in [6.45, 7) is 4.59. The Morgan fingerprint density at radius 1 is 0.600 bits per heavy atom. The van der Waals surface area contributed by atoms with E-state index in [-0.39, 0.29) is 0 Å². The Labute approximate surface area is 295 Å². The van der Waals surface area contributed by atoms with E-state index in [0.717, 1.165) is 44.9 Å². The molecule has 0 fully saturated rings. The van der Waals surface area contributed by atoms with Crippen LogP contribution in [0.2, 0.25) is 0 Å². The van der Waals surface area contributed by atoms with Crippen LogP contribution in [0.25, 0.3) is 50.4 Å². The molecule has 0 saturated carbocycles. The molecule has 50 heavy (non-hydrogen) atoms. The van der Waals surface area contributed by atoms with Gasteiger partial charge < -0.3 is 9.13 Å². The van der Waals surface area contributed by atoms with Crippen LogP contribution in [0.4, 0.5) is 0 Å². The average molecular weight is 647 g/mol. The van der Waals surface area contributed by atoms with Gasteiger partial charge in [-0.3, -0.25) is 0 Å². The third kappa shape index (κ3) is 4.54. The lowest BCUT2D eigenvalue weighted by atomic mass is 9.75. The van der Waals surface area contributed by atoms with E-state index >= 15 is 0 Å². The van der Waals surface area contributed by atoms with Crippen molar-refractivity contribution in [3.8, 4) is 16.8 Å². The fourth-order valence-corrected chi connectivity index (χ4v) is 9.74. The third-order valence-corrected chi connectivity index (χ3v) is 11.9. The van der Waals surface area contributed by atoms with Gasteiger partial charge in [0.2, 0.25) is 0 Å². The molecule has 7 aromatic rings. The maximum atomic E-state index is 2.71. The predicted octanol–water partition coefficient (Wildman–Crippen LogP) is 12.0. The Morgan fingerprint density at radius 2 is 1.26 bits per heavy atom. The van der Waals surface area contributed by atoms with Crippen LogP contribution in [-0.4, -0.2) is 9.13 Å². The number of rotatable bonds is 4. The molecule has 2 aromatic heterocycles. The number of hydrogen-bond acceptors (Lipinski definition) is 0. The van der Waals surface area contributed by atoms with E-state index in [1.807, 2.05) is 0 Å². The third-order valence-electron chi connectivity index (χ3n) is 11.9. The van der Waals surface area contributed by atoms with Gasteiger partial charge in [-0.25, -0.2) is 0 Å². The lowest BCUT2D eigenvalue weighted by Crippen LogP contribution is -2.14. The number of aromatic nitrogens is 2. The molecule has 2 heterocycles. The van der Waals surface area contributed by atoms with Crippen LogP contribution in [0.3, 0.4) is 0 Å². The van der Waals surface area contributed by atoms with Gasteiger partial charge in [0.15, 0.2) is 0 Å². The van der Waals surface area contributed by atoms with Crippen LogP contribution in [0.15, 0.2) is 127 Å². The molecule has 3 aliphatic carbocycles. The second-order valence-electron chi connectivity index (χ2n) is 14.8. The average Bonchev–Trinajstić information content (AvgIpc) is 3.54. The van der Waals surface area contributed by atoms with Crippen LogP contribution < -0.4 is 0 Å². The van der Waals surface area contributed by atoms with Crippen molar-refractivity contribution >= 4 is 33.6 Å². The maximum absolute atomic E-state index is 2.71. The Hall–Kier alpha value is -5.34. The zero-order valence-electron chi connectivity index (χ0n) is 29.0. The highest BCUT2D eigenvalue weighted by Gasteiger charge is 2.30. The van der Waals surface area contributed by atoms with Gasteiger partial charge in [0.05, 0.1) is 16.7 Å². The highest BCUT2D eigenvalue weighted by atomic mass is 15.0. The topological polar surface area (TPSA) is 9.86 Å². The summed E-state index contributed by atoms with van der Waals surface area (Å²) in [5.41, 5.74) is 21.6. The fourth-order valence-electron chi connectivity index (χ4n) is 9.74. The molecule has 10 rings (SSSR count). The highest BCUT2D eigenvalue weighted by molar-refractivity contribution is 6.10. The van der Waals surface area contributed by atoms with Crippen molar-refractivity contribution in [2.24, 2.45) is 0 Å². The van der Waals surface area contributed by atoms with Crippen molar-refractivity contribution in [2.75, 3.05) is 0 Å². The molecule has 2 heteroatoms. The minimum Gasteiger partial charge on any atom is -0.316 e. The lowest BCUT2D eigenvalue weighted by Gasteiger charge is -2.29. The molecule has 2 nitrogen and oxygen atoms in total. The molecule has 0 saturated heterocycles. The van der Waals surface area contributed by atoms with Crippen LogP contribution in [0.5, 0.6) is 0 Å². The number of benzene rings is 5. The molecule has 0 radical (unpaired) electrons. The summed E-state index contributed by atoms with van der Waals surface area (Å²) in [5, 5.41) is 2.67. The zero-order valence-corrected chi connectivity index (χ0v) is 29.0. The molecule has 1 atom stereocenters. The molecule has 1 unspecified atom stereocenters. The van der Waals surface area contributed by atoms with Crippen LogP contribution >= 0.6 is 0 Å². The van der Waals surface area contributed by atoms with Crippen LogP contribution in [0.1, 0.15) is 69.9 Å². The first-order chi connectivity index (χ1) is 24.6. The first-order valence-electron chi connectivity index (χ1n) is 18.5. The molecular weight excluding hydrogens is 605 g/mol. The first-order valence-corrected chi connectivity index (χ1v) is 18.5. The molecule has 0 aliphatic heterocycles. The summed E-state index contributed by atoms with van der Waals surface area (Å²) in [4.78, 5) is 0. The number of fused-ring (bicyclic) bond motifs is 9. The Bertz CT molecular complexity index is 2470. The van der Waals surface area contributed by atoms with Gasteiger partial charge in [0, 0.05) is 27.9 Å². The lowest BCUT2D eigenvalue weighted by molar-refractivity contribution is 0.646. The highest BCUT2D eigenvalue weighted by Crippen LogP contribution is 2.45. The minimum atomic E-state index is 0.509. The number of allylic oxidation sites excluding steroid dienone is 3. The molecule has 0 spiro atoms.